The summed E-state index contributed by atoms with van der Waals surface area (Å²) in [6.07, 6.45) is 0.232. The Kier molecular flexibility index (Phi) is 5.56. The van der Waals surface area contributed by atoms with Gasteiger partial charge in [-0.2, -0.15) is 0 Å². The second-order valence-electron chi connectivity index (χ2n) is 6.07. The molecule has 0 unspecified atom stereocenters. The first-order chi connectivity index (χ1) is 11.3. The van der Waals surface area contributed by atoms with Gasteiger partial charge in [-0.05, 0) is 19.4 Å². The van der Waals surface area contributed by atoms with Crippen LogP contribution in [-0.2, 0) is 20.8 Å². The Bertz CT molecular complexity index is 618. The van der Waals surface area contributed by atoms with Gasteiger partial charge in [-0.3, -0.25) is 9.59 Å². The zero-order chi connectivity index (χ0) is 17.9. The number of carbonyl (C=O) groups excluding carboxylic acids is 2. The summed E-state index contributed by atoms with van der Waals surface area (Å²) in [7, 11) is 0. The molecule has 1 aromatic carbocycles. The molecule has 7 heteroatoms. The number of rotatable bonds is 5. The first-order valence-electron chi connectivity index (χ1n) is 7.96. The van der Waals surface area contributed by atoms with Crippen molar-refractivity contribution in [3.05, 3.63) is 35.9 Å². The lowest BCUT2D eigenvalue weighted by atomic mass is 10.0. The van der Waals surface area contributed by atoms with Crippen molar-refractivity contribution in [1.29, 1.82) is 0 Å². The molecule has 1 saturated heterocycles. The van der Waals surface area contributed by atoms with E-state index in [1.54, 1.807) is 13.8 Å². The van der Waals surface area contributed by atoms with E-state index in [0.717, 1.165) is 5.56 Å². The molecular formula is C17H23N3O4. The van der Waals surface area contributed by atoms with Gasteiger partial charge in [0.05, 0.1) is 6.04 Å². The Labute approximate surface area is 141 Å². The average Bonchev–Trinajstić information content (AvgIpc) is 2.55. The molecule has 1 aliphatic rings. The van der Waals surface area contributed by atoms with Crippen LogP contribution in [0.15, 0.2) is 30.3 Å². The van der Waals surface area contributed by atoms with Crippen molar-refractivity contribution in [3.63, 3.8) is 0 Å². The van der Waals surface area contributed by atoms with Crippen LogP contribution in [0.2, 0.25) is 0 Å². The fraction of sp³-hybridized carbons (Fsp3) is 0.471. The topological polar surface area (TPSA) is 104 Å². The predicted octanol–water partition coefficient (Wildman–Crippen LogP) is 0.0888. The van der Waals surface area contributed by atoms with Crippen LogP contribution in [0, 0.1) is 0 Å². The maximum absolute atomic E-state index is 12.6. The van der Waals surface area contributed by atoms with E-state index in [1.165, 1.54) is 9.80 Å². The Morgan fingerprint density at radius 3 is 2.46 bits per heavy atom. The molecule has 24 heavy (non-hydrogen) atoms. The van der Waals surface area contributed by atoms with Crippen molar-refractivity contribution >= 4 is 17.8 Å². The number of carboxylic acid groups (broad SMARTS) is 1. The van der Waals surface area contributed by atoms with Gasteiger partial charge in [-0.1, -0.05) is 30.3 Å². The van der Waals surface area contributed by atoms with Crippen molar-refractivity contribution in [2.24, 2.45) is 5.73 Å². The van der Waals surface area contributed by atoms with Crippen LogP contribution in [0.5, 0.6) is 0 Å². The second kappa shape index (κ2) is 7.44. The monoisotopic (exact) mass is 333 g/mol. The standard InChI is InChI=1S/C17H23N3O4/c1-11(18)15(21)19-8-9-20(16(22)12(19)2)14(17(23)24)10-13-6-4-3-5-7-13/h3-7,11-12,14H,8-10,18H2,1-2H3,(H,23,24)/t11-,12-,14-/m0/s1. The molecule has 7 nitrogen and oxygen atoms in total. The molecule has 1 aliphatic heterocycles. The highest BCUT2D eigenvalue weighted by atomic mass is 16.4. The molecule has 2 amide bonds. The highest BCUT2D eigenvalue weighted by molar-refractivity contribution is 5.92. The van der Waals surface area contributed by atoms with Gasteiger partial charge in [-0.15, -0.1) is 0 Å². The molecule has 1 fully saturated rings. The normalized spacial score (nSPS) is 20.6. The minimum absolute atomic E-state index is 0.186. The molecule has 0 spiro atoms. The lowest BCUT2D eigenvalue weighted by Crippen LogP contribution is -2.63. The summed E-state index contributed by atoms with van der Waals surface area (Å²) < 4.78 is 0. The Morgan fingerprint density at radius 2 is 1.92 bits per heavy atom. The fourth-order valence-corrected chi connectivity index (χ4v) is 2.93. The summed E-state index contributed by atoms with van der Waals surface area (Å²) in [6, 6.07) is 6.83. The average molecular weight is 333 g/mol. The third kappa shape index (κ3) is 3.73. The number of hydrogen-bond donors (Lipinski definition) is 2. The van der Waals surface area contributed by atoms with Crippen molar-refractivity contribution in [3.8, 4) is 0 Å². The van der Waals surface area contributed by atoms with E-state index in [9.17, 15) is 19.5 Å². The maximum atomic E-state index is 12.6. The van der Waals surface area contributed by atoms with E-state index in [-0.39, 0.29) is 31.3 Å². The van der Waals surface area contributed by atoms with Gasteiger partial charge in [0.15, 0.2) is 0 Å². The third-order valence-electron chi connectivity index (χ3n) is 4.30. The van der Waals surface area contributed by atoms with Crippen molar-refractivity contribution in [2.75, 3.05) is 13.1 Å². The smallest absolute Gasteiger partial charge is 0.326 e. The molecular weight excluding hydrogens is 310 g/mol. The van der Waals surface area contributed by atoms with Gasteiger partial charge >= 0.3 is 5.97 Å². The third-order valence-corrected chi connectivity index (χ3v) is 4.30. The Balaban J connectivity index is 2.16. The van der Waals surface area contributed by atoms with Crippen LogP contribution >= 0.6 is 0 Å². The summed E-state index contributed by atoms with van der Waals surface area (Å²) in [5.41, 5.74) is 6.46. The molecule has 1 heterocycles. The van der Waals surface area contributed by atoms with Gasteiger partial charge in [-0.25, -0.2) is 4.79 Å². The van der Waals surface area contributed by atoms with Gasteiger partial charge < -0.3 is 20.6 Å². The van der Waals surface area contributed by atoms with E-state index in [4.69, 9.17) is 5.73 Å². The number of carboxylic acids is 1. The molecule has 0 saturated carbocycles. The number of carbonyl (C=O) groups is 3. The number of nitrogens with two attached hydrogens (primary N) is 1. The van der Waals surface area contributed by atoms with E-state index in [1.807, 2.05) is 30.3 Å². The Morgan fingerprint density at radius 1 is 1.29 bits per heavy atom. The molecule has 0 bridgehead atoms. The second-order valence-corrected chi connectivity index (χ2v) is 6.07. The highest BCUT2D eigenvalue weighted by Gasteiger charge is 2.40. The van der Waals surface area contributed by atoms with E-state index in [2.05, 4.69) is 0 Å². The van der Waals surface area contributed by atoms with E-state index in [0.29, 0.717) is 0 Å². The van der Waals surface area contributed by atoms with Crippen LogP contribution in [0.4, 0.5) is 0 Å². The van der Waals surface area contributed by atoms with Gasteiger partial charge in [0.2, 0.25) is 11.8 Å². The largest absolute Gasteiger partial charge is 0.480 e. The molecule has 2 rings (SSSR count). The van der Waals surface area contributed by atoms with Gasteiger partial charge in [0, 0.05) is 19.5 Å². The van der Waals surface area contributed by atoms with Crippen LogP contribution in [0.25, 0.3) is 0 Å². The lowest BCUT2D eigenvalue weighted by Gasteiger charge is -2.42. The van der Waals surface area contributed by atoms with Crippen LogP contribution in [0.1, 0.15) is 19.4 Å². The van der Waals surface area contributed by atoms with Gasteiger partial charge in [0.25, 0.3) is 0 Å². The molecule has 0 radical (unpaired) electrons. The molecule has 0 aromatic heterocycles. The highest BCUT2D eigenvalue weighted by Crippen LogP contribution is 2.18. The minimum atomic E-state index is -1.05. The number of piperazine rings is 1. The van der Waals surface area contributed by atoms with Crippen molar-refractivity contribution in [1.82, 2.24) is 9.80 Å². The van der Waals surface area contributed by atoms with Crippen LogP contribution in [0.3, 0.4) is 0 Å². The zero-order valence-corrected chi connectivity index (χ0v) is 13.9. The summed E-state index contributed by atoms with van der Waals surface area (Å²) in [4.78, 5) is 39.2. The SMILES string of the molecule is C[C@H](N)C(=O)N1CCN([C@@H](Cc2ccccc2)C(=O)O)C(=O)[C@@H]1C. The number of hydrogen-bond acceptors (Lipinski definition) is 4. The lowest BCUT2D eigenvalue weighted by molar-refractivity contribution is -0.159. The molecule has 1 aromatic rings. The first-order valence-corrected chi connectivity index (χ1v) is 7.96. The van der Waals surface area contributed by atoms with Gasteiger partial charge in [0.1, 0.15) is 12.1 Å². The number of nitrogens with zero attached hydrogens (tertiary/aromatic N) is 2. The quantitative estimate of drug-likeness (QED) is 0.795. The predicted molar refractivity (Wildman–Crippen MR) is 88.1 cm³/mol. The molecule has 3 N–H and O–H groups in total. The maximum Gasteiger partial charge on any atom is 0.326 e. The number of benzene rings is 1. The first kappa shape index (κ1) is 17.9. The minimum Gasteiger partial charge on any atom is -0.480 e. The van der Waals surface area contributed by atoms with E-state index >= 15 is 0 Å². The number of aliphatic carboxylic acids is 1. The van der Waals surface area contributed by atoms with Crippen molar-refractivity contribution < 1.29 is 19.5 Å². The summed E-state index contributed by atoms with van der Waals surface area (Å²) >= 11 is 0. The summed E-state index contributed by atoms with van der Waals surface area (Å²) in [6.45, 7) is 3.65. The van der Waals surface area contributed by atoms with E-state index < -0.39 is 24.1 Å². The molecule has 130 valence electrons. The summed E-state index contributed by atoms with van der Waals surface area (Å²) in [5, 5.41) is 9.56. The molecule has 0 aliphatic carbocycles. The summed E-state index contributed by atoms with van der Waals surface area (Å²) in [5.74, 6) is -1.71. The van der Waals surface area contributed by atoms with Crippen LogP contribution < -0.4 is 5.73 Å². The Hall–Kier alpha value is -2.41. The van der Waals surface area contributed by atoms with Crippen molar-refractivity contribution in [2.45, 2.75) is 38.4 Å². The fourth-order valence-electron chi connectivity index (χ4n) is 2.93. The molecule has 3 atom stereocenters. The van der Waals surface area contributed by atoms with Crippen LogP contribution in [-0.4, -0.2) is 63.9 Å². The number of amides is 2. The zero-order valence-electron chi connectivity index (χ0n) is 13.9.